The van der Waals surface area contributed by atoms with Crippen molar-refractivity contribution < 1.29 is 18.3 Å². The molecular formula is C23H20ClF2N5O2S. The number of carbonyl (C=O) groups is 1. The van der Waals surface area contributed by atoms with Crippen LogP contribution in [0.25, 0.3) is 22.4 Å². The number of rotatable bonds is 6. The largest absolute Gasteiger partial charge is 0.379 e. The monoisotopic (exact) mass is 503 g/mol. The maximum Gasteiger partial charge on any atom is 0.264 e. The molecule has 176 valence electrons. The fourth-order valence-corrected chi connectivity index (χ4v) is 4.74. The standard InChI is InChI=1S/C23H20ClF2N5O2S/c24-13-4-5-15(17(10-13)20(25)26)21-28-18-3-1-2-16(19(18)29-21)22(32)30-23-27-14(12-34-23)11-31-6-8-33-9-7-31/h1-5,10,12,20H,6-9,11H2,(H,28,29)(H,27,30,32). The zero-order valence-electron chi connectivity index (χ0n) is 17.9. The number of morpholine rings is 1. The molecule has 34 heavy (non-hydrogen) atoms. The lowest BCUT2D eigenvalue weighted by molar-refractivity contribution is 0.0337. The van der Waals surface area contributed by atoms with Gasteiger partial charge in [-0.15, -0.1) is 11.3 Å². The van der Waals surface area contributed by atoms with E-state index < -0.39 is 6.43 Å². The van der Waals surface area contributed by atoms with Crippen molar-refractivity contribution in [3.05, 3.63) is 63.6 Å². The minimum absolute atomic E-state index is 0.215. The van der Waals surface area contributed by atoms with Crippen molar-refractivity contribution in [2.75, 3.05) is 31.6 Å². The van der Waals surface area contributed by atoms with Gasteiger partial charge >= 0.3 is 0 Å². The molecule has 0 atom stereocenters. The van der Waals surface area contributed by atoms with Gasteiger partial charge in [0.25, 0.3) is 12.3 Å². The SMILES string of the molecule is O=C(Nc1nc(CN2CCOCC2)cs1)c1cccc2[nH]c(-c3ccc(Cl)cc3C(F)F)nc12. The van der Waals surface area contributed by atoms with Gasteiger partial charge in [0.2, 0.25) is 0 Å². The normalized spacial score (nSPS) is 14.7. The van der Waals surface area contributed by atoms with Gasteiger partial charge in [0.05, 0.1) is 30.0 Å². The van der Waals surface area contributed by atoms with Crippen molar-refractivity contribution in [3.8, 4) is 11.4 Å². The van der Waals surface area contributed by atoms with E-state index >= 15 is 0 Å². The minimum atomic E-state index is -2.72. The van der Waals surface area contributed by atoms with Crippen LogP contribution in [-0.4, -0.2) is 52.1 Å². The lowest BCUT2D eigenvalue weighted by atomic mass is 10.1. The van der Waals surface area contributed by atoms with Crippen LogP contribution in [0.3, 0.4) is 0 Å². The number of thiazole rings is 1. The first kappa shape index (κ1) is 22.9. The predicted octanol–water partition coefficient (Wildman–Crippen LogP) is 5.36. The first-order valence-electron chi connectivity index (χ1n) is 10.6. The number of amides is 1. The number of H-pyrrole nitrogens is 1. The Kier molecular flexibility index (Phi) is 6.55. The molecule has 2 aromatic carbocycles. The van der Waals surface area contributed by atoms with Gasteiger partial charge < -0.3 is 9.72 Å². The molecule has 0 radical (unpaired) electrons. The van der Waals surface area contributed by atoms with E-state index in [1.807, 2.05) is 5.38 Å². The third-order valence-electron chi connectivity index (χ3n) is 5.52. The number of nitrogens with one attached hydrogen (secondary N) is 2. The van der Waals surface area contributed by atoms with Crippen molar-refractivity contribution in [1.29, 1.82) is 0 Å². The lowest BCUT2D eigenvalue weighted by Gasteiger charge is -2.25. The van der Waals surface area contributed by atoms with Crippen LogP contribution in [0, 0.1) is 0 Å². The maximum atomic E-state index is 13.6. The number of para-hydroxylation sites is 1. The molecule has 1 aliphatic rings. The van der Waals surface area contributed by atoms with Crippen LogP contribution >= 0.6 is 22.9 Å². The van der Waals surface area contributed by atoms with Crippen molar-refractivity contribution in [2.45, 2.75) is 13.0 Å². The maximum absolute atomic E-state index is 13.6. The second-order valence-electron chi connectivity index (χ2n) is 7.81. The molecule has 2 aromatic heterocycles. The molecule has 1 aliphatic heterocycles. The predicted molar refractivity (Wildman–Crippen MR) is 128 cm³/mol. The number of halogens is 3. The van der Waals surface area contributed by atoms with Gasteiger partial charge in [0.15, 0.2) is 5.13 Å². The molecule has 0 aliphatic carbocycles. The molecule has 0 unspecified atom stereocenters. The van der Waals surface area contributed by atoms with E-state index in [9.17, 15) is 13.6 Å². The quantitative estimate of drug-likeness (QED) is 0.370. The summed E-state index contributed by atoms with van der Waals surface area (Å²) < 4.78 is 32.5. The molecular weight excluding hydrogens is 484 g/mol. The lowest BCUT2D eigenvalue weighted by Crippen LogP contribution is -2.35. The Balaban J connectivity index is 1.38. The highest BCUT2D eigenvalue weighted by Crippen LogP contribution is 2.33. The number of aromatic amines is 1. The van der Waals surface area contributed by atoms with Crippen molar-refractivity contribution in [1.82, 2.24) is 19.9 Å². The first-order valence-corrected chi connectivity index (χ1v) is 11.9. The zero-order chi connectivity index (χ0) is 23.7. The molecule has 2 N–H and O–H groups in total. The molecule has 0 saturated carbocycles. The summed E-state index contributed by atoms with van der Waals surface area (Å²) in [5, 5.41) is 5.45. The highest BCUT2D eigenvalue weighted by molar-refractivity contribution is 7.14. The third-order valence-corrected chi connectivity index (χ3v) is 6.56. The highest BCUT2D eigenvalue weighted by Gasteiger charge is 2.20. The van der Waals surface area contributed by atoms with E-state index in [0.717, 1.165) is 18.8 Å². The van der Waals surface area contributed by atoms with Gasteiger partial charge in [-0.2, -0.15) is 0 Å². The van der Waals surface area contributed by atoms with E-state index in [-0.39, 0.29) is 27.9 Å². The summed E-state index contributed by atoms with van der Waals surface area (Å²) in [6.45, 7) is 3.81. The topological polar surface area (TPSA) is 83.1 Å². The Morgan fingerprint density at radius 3 is 2.85 bits per heavy atom. The summed E-state index contributed by atoms with van der Waals surface area (Å²) in [6.07, 6.45) is -2.72. The molecule has 11 heteroatoms. The van der Waals surface area contributed by atoms with E-state index in [2.05, 4.69) is 25.2 Å². The summed E-state index contributed by atoms with van der Waals surface area (Å²) in [6, 6.07) is 9.33. The van der Waals surface area contributed by atoms with Crippen molar-refractivity contribution >= 4 is 45.0 Å². The van der Waals surface area contributed by atoms with Crippen LogP contribution in [0.2, 0.25) is 5.02 Å². The first-order chi connectivity index (χ1) is 16.5. The van der Waals surface area contributed by atoms with E-state index in [1.165, 1.54) is 29.5 Å². The van der Waals surface area contributed by atoms with Crippen molar-refractivity contribution in [2.24, 2.45) is 0 Å². The van der Waals surface area contributed by atoms with Gasteiger partial charge in [-0.25, -0.2) is 18.7 Å². The second-order valence-corrected chi connectivity index (χ2v) is 9.10. The number of fused-ring (bicyclic) bond motifs is 1. The number of imidazole rings is 1. The highest BCUT2D eigenvalue weighted by atomic mass is 35.5. The van der Waals surface area contributed by atoms with E-state index in [0.29, 0.717) is 41.5 Å². The number of nitrogens with zero attached hydrogens (tertiary/aromatic N) is 3. The van der Waals surface area contributed by atoms with Gasteiger partial charge in [-0.1, -0.05) is 17.7 Å². The molecule has 3 heterocycles. The summed E-state index contributed by atoms with van der Waals surface area (Å²) in [5.74, 6) is -0.134. The van der Waals surface area contributed by atoms with Crippen LogP contribution < -0.4 is 5.32 Å². The van der Waals surface area contributed by atoms with E-state index in [4.69, 9.17) is 16.3 Å². The van der Waals surface area contributed by atoms with Crippen molar-refractivity contribution in [3.63, 3.8) is 0 Å². The summed E-state index contributed by atoms with van der Waals surface area (Å²) in [5.41, 5.74) is 2.14. The molecule has 0 spiro atoms. The third kappa shape index (κ3) is 4.80. The Morgan fingerprint density at radius 1 is 1.24 bits per heavy atom. The number of alkyl halides is 2. The number of ether oxygens (including phenoxy) is 1. The number of hydrogen-bond acceptors (Lipinski definition) is 6. The summed E-state index contributed by atoms with van der Waals surface area (Å²) in [7, 11) is 0. The average Bonchev–Trinajstić information content (AvgIpc) is 3.46. The minimum Gasteiger partial charge on any atom is -0.379 e. The van der Waals surface area contributed by atoms with E-state index in [1.54, 1.807) is 18.2 Å². The van der Waals surface area contributed by atoms with Crippen LogP contribution in [0.1, 0.15) is 28.0 Å². The molecule has 1 saturated heterocycles. The Morgan fingerprint density at radius 2 is 2.06 bits per heavy atom. The number of benzene rings is 2. The average molecular weight is 504 g/mol. The van der Waals surface area contributed by atoms with Gasteiger partial charge in [-0.3, -0.25) is 15.0 Å². The molecule has 5 rings (SSSR count). The fourth-order valence-electron chi connectivity index (χ4n) is 3.86. The Labute approximate surface area is 202 Å². The van der Waals surface area contributed by atoms with Crippen LogP contribution in [0.5, 0.6) is 0 Å². The summed E-state index contributed by atoms with van der Waals surface area (Å²) in [4.78, 5) is 27.3. The fraction of sp³-hybridized carbons (Fsp3) is 0.261. The van der Waals surface area contributed by atoms with Crippen LogP contribution in [0.15, 0.2) is 41.8 Å². The van der Waals surface area contributed by atoms with Gasteiger partial charge in [-0.05, 0) is 30.3 Å². The molecule has 1 fully saturated rings. The molecule has 0 bridgehead atoms. The second kappa shape index (κ2) is 9.75. The number of anilines is 1. The van der Waals surface area contributed by atoms with Crippen LogP contribution in [0.4, 0.5) is 13.9 Å². The number of hydrogen-bond donors (Lipinski definition) is 2. The zero-order valence-corrected chi connectivity index (χ0v) is 19.4. The Hall–Kier alpha value is -2.92. The number of carbonyl (C=O) groups excluding carboxylic acids is 1. The Bertz CT molecular complexity index is 1340. The van der Waals surface area contributed by atoms with Crippen LogP contribution in [-0.2, 0) is 11.3 Å². The smallest absolute Gasteiger partial charge is 0.264 e. The molecule has 4 aromatic rings. The molecule has 1 amide bonds. The molecule has 7 nitrogen and oxygen atoms in total. The summed E-state index contributed by atoms with van der Waals surface area (Å²) >= 11 is 7.25. The number of aromatic nitrogens is 3. The van der Waals surface area contributed by atoms with Gasteiger partial charge in [0, 0.05) is 41.2 Å². The van der Waals surface area contributed by atoms with Gasteiger partial charge in [0.1, 0.15) is 11.3 Å².